The van der Waals surface area contributed by atoms with Crippen LogP contribution in [0.15, 0.2) is 47.0 Å². The predicted octanol–water partition coefficient (Wildman–Crippen LogP) is 3.74. The number of benzene rings is 1. The summed E-state index contributed by atoms with van der Waals surface area (Å²) in [5.74, 6) is 0.941. The first-order valence-corrected chi connectivity index (χ1v) is 7.57. The number of para-hydroxylation sites is 1. The van der Waals surface area contributed by atoms with Gasteiger partial charge in [-0.25, -0.2) is 0 Å². The second-order valence-electron chi connectivity index (χ2n) is 5.16. The van der Waals surface area contributed by atoms with Gasteiger partial charge in [-0.15, -0.1) is 0 Å². The number of aromatic nitrogens is 2. The molecule has 0 aliphatic carbocycles. The van der Waals surface area contributed by atoms with Gasteiger partial charge in [0, 0.05) is 18.1 Å². The van der Waals surface area contributed by atoms with Crippen molar-refractivity contribution in [3.63, 3.8) is 0 Å². The molecular weight excluding hydrogens is 262 g/mol. The van der Waals surface area contributed by atoms with E-state index < -0.39 is 0 Å². The third kappa shape index (κ3) is 2.72. The molecule has 3 aromatic rings. The minimum absolute atomic E-state index is 0.0384. The molecule has 0 saturated carbocycles. The van der Waals surface area contributed by atoms with Crippen LogP contribution in [0, 0.1) is 0 Å². The molecule has 21 heavy (non-hydrogen) atoms. The molecule has 1 N–H and O–H groups in total. The third-order valence-corrected chi connectivity index (χ3v) is 3.62. The van der Waals surface area contributed by atoms with Gasteiger partial charge in [0.25, 0.3) is 0 Å². The van der Waals surface area contributed by atoms with Gasteiger partial charge >= 0.3 is 0 Å². The first kappa shape index (κ1) is 13.9. The average molecular weight is 283 g/mol. The van der Waals surface area contributed by atoms with Crippen LogP contribution in [0.25, 0.3) is 11.0 Å². The van der Waals surface area contributed by atoms with E-state index in [2.05, 4.69) is 47.1 Å². The number of hydrogen-bond donors (Lipinski definition) is 1. The largest absolute Gasteiger partial charge is 0.459 e. The SMILES string of the molecule is CCCn1nccc1C(NCC)c1cc2ccccc2o1. The highest BCUT2D eigenvalue weighted by Gasteiger charge is 2.21. The summed E-state index contributed by atoms with van der Waals surface area (Å²) >= 11 is 0. The molecule has 0 fully saturated rings. The van der Waals surface area contributed by atoms with Crippen molar-refractivity contribution in [1.29, 1.82) is 0 Å². The molecule has 2 aromatic heterocycles. The van der Waals surface area contributed by atoms with Crippen LogP contribution >= 0.6 is 0 Å². The molecule has 0 bridgehead atoms. The molecule has 4 heteroatoms. The summed E-state index contributed by atoms with van der Waals surface area (Å²) in [4.78, 5) is 0. The molecule has 0 saturated heterocycles. The Morgan fingerprint density at radius 1 is 1.24 bits per heavy atom. The van der Waals surface area contributed by atoms with Crippen LogP contribution in [0.3, 0.4) is 0 Å². The molecule has 110 valence electrons. The summed E-state index contributed by atoms with van der Waals surface area (Å²) < 4.78 is 8.09. The maximum Gasteiger partial charge on any atom is 0.134 e. The molecule has 4 nitrogen and oxygen atoms in total. The third-order valence-electron chi connectivity index (χ3n) is 3.62. The normalized spacial score (nSPS) is 12.9. The Bertz CT molecular complexity index is 680. The lowest BCUT2D eigenvalue weighted by Crippen LogP contribution is -2.24. The molecule has 0 amide bonds. The van der Waals surface area contributed by atoms with E-state index in [-0.39, 0.29) is 6.04 Å². The molecular formula is C17H21N3O. The summed E-state index contributed by atoms with van der Waals surface area (Å²) in [6.07, 6.45) is 2.92. The maximum absolute atomic E-state index is 6.04. The van der Waals surface area contributed by atoms with Crippen LogP contribution in [-0.4, -0.2) is 16.3 Å². The van der Waals surface area contributed by atoms with Crippen LogP contribution in [0.5, 0.6) is 0 Å². The molecule has 1 atom stereocenters. The van der Waals surface area contributed by atoms with Gasteiger partial charge in [-0.3, -0.25) is 4.68 Å². The number of furan rings is 1. The molecule has 1 unspecified atom stereocenters. The summed E-state index contributed by atoms with van der Waals surface area (Å²) in [7, 11) is 0. The second kappa shape index (κ2) is 6.14. The summed E-state index contributed by atoms with van der Waals surface area (Å²) in [5.41, 5.74) is 2.08. The number of aryl methyl sites for hydroxylation is 1. The van der Waals surface area contributed by atoms with Crippen LogP contribution in [0.1, 0.15) is 37.8 Å². The number of nitrogens with one attached hydrogen (secondary N) is 1. The Hall–Kier alpha value is -2.07. The summed E-state index contributed by atoms with van der Waals surface area (Å²) in [6, 6.07) is 12.3. The molecule has 0 spiro atoms. The van der Waals surface area contributed by atoms with E-state index in [0.29, 0.717) is 0 Å². The van der Waals surface area contributed by atoms with E-state index in [9.17, 15) is 0 Å². The molecule has 0 aliphatic rings. The van der Waals surface area contributed by atoms with Gasteiger partial charge in [-0.2, -0.15) is 5.10 Å². The van der Waals surface area contributed by atoms with Crippen LogP contribution in [0.2, 0.25) is 0 Å². The first-order chi connectivity index (χ1) is 10.3. The molecule has 1 aromatic carbocycles. The van der Waals surface area contributed by atoms with Gasteiger partial charge < -0.3 is 9.73 Å². The van der Waals surface area contributed by atoms with Gasteiger partial charge in [0.1, 0.15) is 17.4 Å². The first-order valence-electron chi connectivity index (χ1n) is 7.57. The highest BCUT2D eigenvalue weighted by Crippen LogP contribution is 2.28. The molecule has 2 heterocycles. The van der Waals surface area contributed by atoms with E-state index in [1.807, 2.05) is 24.4 Å². The van der Waals surface area contributed by atoms with Gasteiger partial charge in [-0.05, 0) is 31.2 Å². The van der Waals surface area contributed by atoms with Crippen molar-refractivity contribution in [3.05, 3.63) is 54.0 Å². The molecule has 0 aliphatic heterocycles. The average Bonchev–Trinajstić information content (AvgIpc) is 3.11. The van der Waals surface area contributed by atoms with E-state index >= 15 is 0 Å². The lowest BCUT2D eigenvalue weighted by molar-refractivity contribution is 0.446. The fourth-order valence-corrected chi connectivity index (χ4v) is 2.69. The van der Waals surface area contributed by atoms with Gasteiger partial charge in [0.15, 0.2) is 0 Å². The van der Waals surface area contributed by atoms with E-state index in [0.717, 1.165) is 41.9 Å². The van der Waals surface area contributed by atoms with Crippen molar-refractivity contribution in [2.45, 2.75) is 32.9 Å². The Morgan fingerprint density at radius 2 is 2.10 bits per heavy atom. The van der Waals surface area contributed by atoms with Crippen molar-refractivity contribution in [2.75, 3.05) is 6.54 Å². The number of nitrogens with zero attached hydrogens (tertiary/aromatic N) is 2. The van der Waals surface area contributed by atoms with E-state index in [1.54, 1.807) is 0 Å². The number of rotatable bonds is 6. The highest BCUT2D eigenvalue weighted by atomic mass is 16.3. The zero-order valence-corrected chi connectivity index (χ0v) is 12.5. The van der Waals surface area contributed by atoms with E-state index in [4.69, 9.17) is 4.42 Å². The fourth-order valence-electron chi connectivity index (χ4n) is 2.69. The van der Waals surface area contributed by atoms with Crippen molar-refractivity contribution in [1.82, 2.24) is 15.1 Å². The van der Waals surface area contributed by atoms with Crippen molar-refractivity contribution >= 4 is 11.0 Å². The smallest absolute Gasteiger partial charge is 0.134 e. The maximum atomic E-state index is 6.04. The van der Waals surface area contributed by atoms with Gasteiger partial charge in [-0.1, -0.05) is 32.0 Å². The standard InChI is InChI=1S/C17H21N3O/c1-3-11-20-14(9-10-19-20)17(18-4-2)16-12-13-7-5-6-8-15(13)21-16/h5-10,12,17-18H,3-4,11H2,1-2H3. The van der Waals surface area contributed by atoms with Crippen LogP contribution < -0.4 is 5.32 Å². The monoisotopic (exact) mass is 283 g/mol. The van der Waals surface area contributed by atoms with Crippen molar-refractivity contribution < 1.29 is 4.42 Å². The lowest BCUT2D eigenvalue weighted by atomic mass is 10.1. The predicted molar refractivity (Wildman–Crippen MR) is 84.3 cm³/mol. The summed E-state index contributed by atoms with van der Waals surface area (Å²) in [5, 5.41) is 9.07. The fraction of sp³-hybridized carbons (Fsp3) is 0.353. The topological polar surface area (TPSA) is 43.0 Å². The minimum atomic E-state index is 0.0384. The van der Waals surface area contributed by atoms with Crippen molar-refractivity contribution in [3.8, 4) is 0 Å². The number of fused-ring (bicyclic) bond motifs is 1. The van der Waals surface area contributed by atoms with Crippen molar-refractivity contribution in [2.24, 2.45) is 0 Å². The van der Waals surface area contributed by atoms with Gasteiger partial charge in [0.05, 0.1) is 5.69 Å². The highest BCUT2D eigenvalue weighted by molar-refractivity contribution is 5.77. The van der Waals surface area contributed by atoms with Gasteiger partial charge in [0.2, 0.25) is 0 Å². The summed E-state index contributed by atoms with van der Waals surface area (Å²) in [6.45, 7) is 6.06. The molecule has 3 rings (SSSR count). The Morgan fingerprint density at radius 3 is 2.86 bits per heavy atom. The molecule has 0 radical (unpaired) electrons. The van der Waals surface area contributed by atoms with Crippen LogP contribution in [-0.2, 0) is 6.54 Å². The lowest BCUT2D eigenvalue weighted by Gasteiger charge is -2.17. The van der Waals surface area contributed by atoms with E-state index in [1.165, 1.54) is 0 Å². The van der Waals surface area contributed by atoms with Crippen LogP contribution in [0.4, 0.5) is 0 Å². The minimum Gasteiger partial charge on any atom is -0.459 e. The quantitative estimate of drug-likeness (QED) is 0.749. The Kier molecular flexibility index (Phi) is 4.06. The second-order valence-corrected chi connectivity index (χ2v) is 5.16. The Balaban J connectivity index is 2.02. The zero-order chi connectivity index (χ0) is 14.7. The zero-order valence-electron chi connectivity index (χ0n) is 12.5. The Labute approximate surface area is 124 Å². The number of hydrogen-bond acceptors (Lipinski definition) is 3.